The molecule has 1 saturated heterocycles. The number of nitrogens with zero attached hydrogens (tertiary/aromatic N) is 2. The fourth-order valence-corrected chi connectivity index (χ4v) is 3.11. The van der Waals surface area contributed by atoms with Crippen molar-refractivity contribution in [2.45, 2.75) is 26.2 Å². The van der Waals surface area contributed by atoms with Crippen LogP contribution in [0.4, 0.5) is 5.69 Å². The highest BCUT2D eigenvalue weighted by Gasteiger charge is 2.22. The molecule has 0 spiro atoms. The SMILES string of the molecule is CC(=O)N(CCC(=O)N1CCCC1)c1c(Cl)cccc1Cl. The second-order valence-electron chi connectivity index (χ2n) is 5.08. The van der Waals surface area contributed by atoms with Gasteiger partial charge in [0.2, 0.25) is 11.8 Å². The van der Waals surface area contributed by atoms with Crippen LogP contribution in [-0.4, -0.2) is 36.3 Å². The molecule has 1 aliphatic heterocycles. The standard InChI is InChI=1S/C15H18Cl2N2O2/c1-11(20)19(15-12(16)5-4-6-13(15)17)10-7-14(21)18-8-2-3-9-18/h4-6H,2-3,7-10H2,1H3. The number of para-hydroxylation sites is 1. The van der Waals surface area contributed by atoms with E-state index < -0.39 is 0 Å². The molecular weight excluding hydrogens is 311 g/mol. The Hall–Kier alpha value is -1.26. The van der Waals surface area contributed by atoms with Crippen LogP contribution in [0, 0.1) is 0 Å². The molecule has 0 radical (unpaired) electrons. The summed E-state index contributed by atoms with van der Waals surface area (Å²) in [6.45, 7) is 3.35. The van der Waals surface area contributed by atoms with Crippen molar-refractivity contribution in [2.24, 2.45) is 0 Å². The molecule has 2 rings (SSSR count). The normalized spacial score (nSPS) is 14.3. The van der Waals surface area contributed by atoms with Gasteiger partial charge in [0.15, 0.2) is 0 Å². The summed E-state index contributed by atoms with van der Waals surface area (Å²) in [7, 11) is 0. The first kappa shape index (κ1) is 16.1. The molecular formula is C15H18Cl2N2O2. The lowest BCUT2D eigenvalue weighted by Crippen LogP contribution is -2.35. The van der Waals surface area contributed by atoms with E-state index in [-0.39, 0.29) is 24.8 Å². The molecule has 1 aromatic carbocycles. The third-order valence-corrected chi connectivity index (χ3v) is 4.21. The number of benzene rings is 1. The molecule has 114 valence electrons. The second-order valence-corrected chi connectivity index (χ2v) is 5.89. The Kier molecular flexibility index (Phi) is 5.48. The largest absolute Gasteiger partial charge is 0.343 e. The number of anilines is 1. The minimum atomic E-state index is -0.181. The summed E-state index contributed by atoms with van der Waals surface area (Å²) in [5.41, 5.74) is 0.475. The fourth-order valence-electron chi connectivity index (χ4n) is 2.51. The number of carbonyl (C=O) groups excluding carboxylic acids is 2. The minimum Gasteiger partial charge on any atom is -0.343 e. The Balaban J connectivity index is 2.09. The van der Waals surface area contributed by atoms with Crippen LogP contribution in [0.3, 0.4) is 0 Å². The van der Waals surface area contributed by atoms with Crippen LogP contribution in [0.2, 0.25) is 10.0 Å². The smallest absolute Gasteiger partial charge is 0.224 e. The maximum atomic E-state index is 12.1. The van der Waals surface area contributed by atoms with Crippen molar-refractivity contribution in [1.29, 1.82) is 0 Å². The first-order valence-corrected chi connectivity index (χ1v) is 7.76. The van der Waals surface area contributed by atoms with Crippen molar-refractivity contribution < 1.29 is 9.59 Å². The van der Waals surface area contributed by atoms with Crippen molar-refractivity contribution in [3.63, 3.8) is 0 Å². The first-order chi connectivity index (χ1) is 10.0. The van der Waals surface area contributed by atoms with E-state index in [9.17, 15) is 9.59 Å². The van der Waals surface area contributed by atoms with Gasteiger partial charge in [0.1, 0.15) is 0 Å². The Morgan fingerprint density at radius 2 is 1.76 bits per heavy atom. The number of carbonyl (C=O) groups is 2. The molecule has 0 saturated carbocycles. The van der Waals surface area contributed by atoms with Gasteiger partial charge in [0.25, 0.3) is 0 Å². The van der Waals surface area contributed by atoms with Gasteiger partial charge in [-0.05, 0) is 25.0 Å². The summed E-state index contributed by atoms with van der Waals surface area (Å²) in [5.74, 6) is -0.110. The third kappa shape index (κ3) is 3.89. The summed E-state index contributed by atoms with van der Waals surface area (Å²) in [5, 5.41) is 0.817. The zero-order chi connectivity index (χ0) is 15.4. The van der Waals surface area contributed by atoms with Crippen molar-refractivity contribution >= 4 is 40.7 Å². The molecule has 0 aromatic heterocycles. The van der Waals surface area contributed by atoms with E-state index in [1.165, 1.54) is 11.8 Å². The maximum absolute atomic E-state index is 12.1. The van der Waals surface area contributed by atoms with Crippen LogP contribution < -0.4 is 4.90 Å². The van der Waals surface area contributed by atoms with Gasteiger partial charge in [-0.2, -0.15) is 0 Å². The summed E-state index contributed by atoms with van der Waals surface area (Å²) >= 11 is 12.3. The van der Waals surface area contributed by atoms with E-state index in [0.717, 1.165) is 25.9 Å². The van der Waals surface area contributed by atoms with Crippen LogP contribution in [0.25, 0.3) is 0 Å². The first-order valence-electron chi connectivity index (χ1n) is 7.00. The summed E-state index contributed by atoms with van der Waals surface area (Å²) in [4.78, 5) is 27.3. The monoisotopic (exact) mass is 328 g/mol. The lowest BCUT2D eigenvalue weighted by atomic mass is 10.2. The van der Waals surface area contributed by atoms with Gasteiger partial charge in [-0.3, -0.25) is 9.59 Å². The Labute approximate surface area is 134 Å². The quantitative estimate of drug-likeness (QED) is 0.850. The molecule has 1 aromatic rings. The molecule has 21 heavy (non-hydrogen) atoms. The van der Waals surface area contributed by atoms with Gasteiger partial charge in [-0.25, -0.2) is 0 Å². The third-order valence-electron chi connectivity index (χ3n) is 3.60. The number of likely N-dealkylation sites (tertiary alicyclic amines) is 1. The van der Waals surface area contributed by atoms with Crippen LogP contribution >= 0.6 is 23.2 Å². The maximum Gasteiger partial charge on any atom is 0.224 e. The zero-order valence-corrected chi connectivity index (χ0v) is 13.5. The van der Waals surface area contributed by atoms with Gasteiger partial charge in [-0.15, -0.1) is 0 Å². The molecule has 4 nitrogen and oxygen atoms in total. The van der Waals surface area contributed by atoms with Crippen LogP contribution in [0.15, 0.2) is 18.2 Å². The molecule has 6 heteroatoms. The van der Waals surface area contributed by atoms with Gasteiger partial charge < -0.3 is 9.80 Å². The average Bonchev–Trinajstić information content (AvgIpc) is 2.95. The molecule has 1 fully saturated rings. The zero-order valence-electron chi connectivity index (χ0n) is 11.9. The Morgan fingerprint density at radius 3 is 2.29 bits per heavy atom. The molecule has 0 atom stereocenters. The topological polar surface area (TPSA) is 40.6 Å². The van der Waals surface area contributed by atoms with Gasteiger partial charge in [-0.1, -0.05) is 29.3 Å². The van der Waals surface area contributed by atoms with Crippen molar-refractivity contribution in [1.82, 2.24) is 4.90 Å². The highest BCUT2D eigenvalue weighted by molar-refractivity contribution is 6.39. The van der Waals surface area contributed by atoms with E-state index in [1.54, 1.807) is 18.2 Å². The number of hydrogen-bond donors (Lipinski definition) is 0. The highest BCUT2D eigenvalue weighted by atomic mass is 35.5. The number of amides is 2. The van der Waals surface area contributed by atoms with E-state index in [4.69, 9.17) is 23.2 Å². The predicted octanol–water partition coefficient (Wildman–Crippen LogP) is 3.36. The Morgan fingerprint density at radius 1 is 1.19 bits per heavy atom. The minimum absolute atomic E-state index is 0.0712. The van der Waals surface area contributed by atoms with Crippen LogP contribution in [0.1, 0.15) is 26.2 Å². The van der Waals surface area contributed by atoms with Crippen LogP contribution in [0.5, 0.6) is 0 Å². The molecule has 0 unspecified atom stereocenters. The van der Waals surface area contributed by atoms with Gasteiger partial charge in [0, 0.05) is 33.0 Å². The van der Waals surface area contributed by atoms with Crippen molar-refractivity contribution in [2.75, 3.05) is 24.5 Å². The van der Waals surface area contributed by atoms with E-state index in [0.29, 0.717) is 15.7 Å². The number of halogens is 2. The summed E-state index contributed by atoms with van der Waals surface area (Å²) < 4.78 is 0. The van der Waals surface area contributed by atoms with Crippen LogP contribution in [-0.2, 0) is 9.59 Å². The highest BCUT2D eigenvalue weighted by Crippen LogP contribution is 2.33. The average molecular weight is 329 g/mol. The second kappa shape index (κ2) is 7.14. The Bertz CT molecular complexity index is 522. The van der Waals surface area contributed by atoms with E-state index in [2.05, 4.69) is 0 Å². The summed E-state index contributed by atoms with van der Waals surface area (Å²) in [6, 6.07) is 5.09. The van der Waals surface area contributed by atoms with E-state index >= 15 is 0 Å². The van der Waals surface area contributed by atoms with Crippen molar-refractivity contribution in [3.05, 3.63) is 28.2 Å². The molecule has 1 heterocycles. The number of rotatable bonds is 4. The molecule has 0 aliphatic carbocycles. The van der Waals surface area contributed by atoms with Gasteiger partial charge >= 0.3 is 0 Å². The van der Waals surface area contributed by atoms with Crippen molar-refractivity contribution in [3.8, 4) is 0 Å². The number of hydrogen-bond acceptors (Lipinski definition) is 2. The predicted molar refractivity (Wildman–Crippen MR) is 84.9 cm³/mol. The summed E-state index contributed by atoms with van der Waals surface area (Å²) in [6.07, 6.45) is 2.39. The van der Waals surface area contributed by atoms with E-state index in [1.807, 2.05) is 4.90 Å². The molecule has 0 N–H and O–H groups in total. The molecule has 0 bridgehead atoms. The lowest BCUT2D eigenvalue weighted by molar-refractivity contribution is -0.129. The fraction of sp³-hybridized carbons (Fsp3) is 0.467. The lowest BCUT2D eigenvalue weighted by Gasteiger charge is -2.24. The molecule has 2 amide bonds. The molecule has 1 aliphatic rings. The van der Waals surface area contributed by atoms with Gasteiger partial charge in [0.05, 0.1) is 15.7 Å².